The quantitative estimate of drug-likeness (QED) is 0.863. The fourth-order valence-electron chi connectivity index (χ4n) is 1.68. The molecule has 0 fully saturated rings. The Bertz CT molecular complexity index is 502. The van der Waals surface area contributed by atoms with Gasteiger partial charge in [-0.3, -0.25) is 9.78 Å². The van der Waals surface area contributed by atoms with E-state index in [2.05, 4.69) is 10.3 Å². The molecule has 2 rings (SSSR count). The van der Waals surface area contributed by atoms with Gasteiger partial charge in [-0.25, -0.2) is 0 Å². The SMILES string of the molecule is CC.CNC(=O)Cn1cc(C)c2cnccc21. The maximum atomic E-state index is 11.3. The molecule has 2 aromatic heterocycles. The van der Waals surface area contributed by atoms with Crippen LogP contribution in [0.3, 0.4) is 0 Å². The third kappa shape index (κ3) is 2.84. The van der Waals surface area contributed by atoms with E-state index in [1.807, 2.05) is 43.8 Å². The number of hydrogen-bond donors (Lipinski definition) is 1. The number of carbonyl (C=O) groups excluding carboxylic acids is 1. The van der Waals surface area contributed by atoms with E-state index in [1.54, 1.807) is 13.2 Å². The van der Waals surface area contributed by atoms with Crippen molar-refractivity contribution in [3.8, 4) is 0 Å². The minimum absolute atomic E-state index is 0.00344. The maximum Gasteiger partial charge on any atom is 0.239 e. The van der Waals surface area contributed by atoms with Crippen molar-refractivity contribution in [1.82, 2.24) is 14.9 Å². The van der Waals surface area contributed by atoms with Crippen molar-refractivity contribution >= 4 is 16.8 Å². The van der Waals surface area contributed by atoms with Gasteiger partial charge in [0.1, 0.15) is 6.54 Å². The molecule has 0 aliphatic carbocycles. The van der Waals surface area contributed by atoms with Crippen LogP contribution in [0.15, 0.2) is 24.7 Å². The monoisotopic (exact) mass is 233 g/mol. The average molecular weight is 233 g/mol. The minimum atomic E-state index is 0.00344. The summed E-state index contributed by atoms with van der Waals surface area (Å²) < 4.78 is 1.94. The number of fused-ring (bicyclic) bond motifs is 1. The van der Waals surface area contributed by atoms with Crippen LogP contribution in [-0.2, 0) is 11.3 Å². The van der Waals surface area contributed by atoms with Gasteiger partial charge in [0.25, 0.3) is 0 Å². The molecule has 4 nitrogen and oxygen atoms in total. The molecule has 0 saturated carbocycles. The lowest BCUT2D eigenvalue weighted by Gasteiger charge is -2.03. The van der Waals surface area contributed by atoms with Crippen LogP contribution in [0, 0.1) is 6.92 Å². The molecule has 0 radical (unpaired) electrons. The van der Waals surface area contributed by atoms with E-state index in [0.717, 1.165) is 16.5 Å². The summed E-state index contributed by atoms with van der Waals surface area (Å²) in [5.74, 6) is 0.00344. The number of amides is 1. The van der Waals surface area contributed by atoms with Crippen molar-refractivity contribution in [3.05, 3.63) is 30.2 Å². The van der Waals surface area contributed by atoms with Gasteiger partial charge in [-0.2, -0.15) is 0 Å². The van der Waals surface area contributed by atoms with Gasteiger partial charge in [0.05, 0.1) is 5.52 Å². The highest BCUT2D eigenvalue weighted by Gasteiger charge is 2.07. The first-order valence-corrected chi connectivity index (χ1v) is 5.82. The van der Waals surface area contributed by atoms with E-state index in [9.17, 15) is 4.79 Å². The molecular formula is C13H19N3O. The van der Waals surface area contributed by atoms with Crippen LogP contribution in [0.1, 0.15) is 19.4 Å². The summed E-state index contributed by atoms with van der Waals surface area (Å²) in [5.41, 5.74) is 2.19. The molecule has 0 aliphatic rings. The Morgan fingerprint density at radius 1 is 1.47 bits per heavy atom. The fraction of sp³-hybridized carbons (Fsp3) is 0.385. The number of carbonyl (C=O) groups is 1. The second-order valence-electron chi connectivity index (χ2n) is 3.51. The topological polar surface area (TPSA) is 46.9 Å². The molecule has 0 unspecified atom stereocenters. The Hall–Kier alpha value is -1.84. The predicted octanol–water partition coefficient (Wildman–Crippen LogP) is 2.12. The molecule has 0 spiro atoms. The second kappa shape index (κ2) is 6.03. The smallest absolute Gasteiger partial charge is 0.239 e. The van der Waals surface area contributed by atoms with Crippen LogP contribution in [0.25, 0.3) is 10.9 Å². The zero-order chi connectivity index (χ0) is 12.8. The number of rotatable bonds is 2. The number of nitrogens with one attached hydrogen (secondary N) is 1. The fourth-order valence-corrected chi connectivity index (χ4v) is 1.68. The first kappa shape index (κ1) is 13.2. The van der Waals surface area contributed by atoms with Crippen LogP contribution >= 0.6 is 0 Å². The summed E-state index contributed by atoms with van der Waals surface area (Å²) in [6.45, 7) is 6.37. The van der Waals surface area contributed by atoms with Gasteiger partial charge in [0, 0.05) is 31.0 Å². The van der Waals surface area contributed by atoms with Crippen LogP contribution in [0.2, 0.25) is 0 Å². The summed E-state index contributed by atoms with van der Waals surface area (Å²) in [4.78, 5) is 15.4. The third-order valence-corrected chi connectivity index (χ3v) is 2.47. The van der Waals surface area contributed by atoms with Crippen LogP contribution in [0.4, 0.5) is 0 Å². The van der Waals surface area contributed by atoms with E-state index in [1.165, 1.54) is 0 Å². The van der Waals surface area contributed by atoms with E-state index >= 15 is 0 Å². The summed E-state index contributed by atoms with van der Waals surface area (Å²) in [6, 6.07) is 1.92. The maximum absolute atomic E-state index is 11.3. The Balaban J connectivity index is 0.000000686. The summed E-state index contributed by atoms with van der Waals surface area (Å²) in [7, 11) is 1.64. The Labute approximate surface area is 102 Å². The number of nitrogens with zero attached hydrogens (tertiary/aromatic N) is 2. The first-order chi connectivity index (χ1) is 8.22. The Kier molecular flexibility index (Phi) is 4.69. The largest absolute Gasteiger partial charge is 0.358 e. The van der Waals surface area contributed by atoms with Crippen LogP contribution in [-0.4, -0.2) is 22.5 Å². The number of pyridine rings is 1. The Morgan fingerprint density at radius 2 is 2.18 bits per heavy atom. The van der Waals surface area contributed by atoms with Crippen LogP contribution in [0.5, 0.6) is 0 Å². The molecule has 17 heavy (non-hydrogen) atoms. The molecule has 0 aliphatic heterocycles. The summed E-state index contributed by atoms with van der Waals surface area (Å²) in [5, 5.41) is 3.71. The van der Waals surface area contributed by atoms with Crippen molar-refractivity contribution in [3.63, 3.8) is 0 Å². The second-order valence-corrected chi connectivity index (χ2v) is 3.51. The standard InChI is InChI=1S/C11H13N3O.C2H6/c1-8-6-14(7-11(15)12-2)10-3-4-13-5-9(8)10;1-2/h3-6H,7H2,1-2H3,(H,12,15);1-2H3. The molecule has 2 heterocycles. The average Bonchev–Trinajstić information content (AvgIpc) is 2.69. The highest BCUT2D eigenvalue weighted by molar-refractivity contribution is 5.85. The van der Waals surface area contributed by atoms with E-state index in [0.29, 0.717) is 6.54 Å². The molecule has 0 bridgehead atoms. The van der Waals surface area contributed by atoms with Crippen LogP contribution < -0.4 is 5.32 Å². The van der Waals surface area contributed by atoms with Gasteiger partial charge in [-0.1, -0.05) is 13.8 Å². The molecule has 0 aromatic carbocycles. The highest BCUT2D eigenvalue weighted by atomic mass is 16.1. The molecule has 0 saturated heterocycles. The lowest BCUT2D eigenvalue weighted by atomic mass is 10.2. The van der Waals surface area contributed by atoms with E-state index in [4.69, 9.17) is 0 Å². The van der Waals surface area contributed by atoms with Gasteiger partial charge in [-0.05, 0) is 18.6 Å². The zero-order valence-electron chi connectivity index (χ0n) is 10.8. The summed E-state index contributed by atoms with van der Waals surface area (Å²) >= 11 is 0. The summed E-state index contributed by atoms with van der Waals surface area (Å²) in [6.07, 6.45) is 5.54. The third-order valence-electron chi connectivity index (χ3n) is 2.47. The Morgan fingerprint density at radius 3 is 2.82 bits per heavy atom. The normalized spacial score (nSPS) is 9.65. The van der Waals surface area contributed by atoms with Crippen molar-refractivity contribution < 1.29 is 4.79 Å². The first-order valence-electron chi connectivity index (χ1n) is 5.82. The lowest BCUT2D eigenvalue weighted by molar-refractivity contribution is -0.121. The van der Waals surface area contributed by atoms with Gasteiger partial charge < -0.3 is 9.88 Å². The molecule has 2 aromatic rings. The minimum Gasteiger partial charge on any atom is -0.358 e. The predicted molar refractivity (Wildman–Crippen MR) is 69.9 cm³/mol. The molecule has 1 amide bonds. The van der Waals surface area contributed by atoms with Crippen molar-refractivity contribution in [2.24, 2.45) is 0 Å². The molecular weight excluding hydrogens is 214 g/mol. The van der Waals surface area contributed by atoms with Crippen molar-refractivity contribution in [2.75, 3.05) is 7.05 Å². The number of aromatic nitrogens is 2. The lowest BCUT2D eigenvalue weighted by Crippen LogP contribution is -2.22. The molecule has 4 heteroatoms. The zero-order valence-corrected chi connectivity index (χ0v) is 10.8. The number of hydrogen-bond acceptors (Lipinski definition) is 2. The number of aryl methyl sites for hydroxylation is 1. The molecule has 1 N–H and O–H groups in total. The van der Waals surface area contributed by atoms with Gasteiger partial charge >= 0.3 is 0 Å². The van der Waals surface area contributed by atoms with Crippen molar-refractivity contribution in [1.29, 1.82) is 0 Å². The van der Waals surface area contributed by atoms with Gasteiger partial charge in [0.2, 0.25) is 5.91 Å². The molecule has 0 atom stereocenters. The number of likely N-dealkylation sites (N-methyl/N-ethyl adjacent to an activating group) is 1. The van der Waals surface area contributed by atoms with Gasteiger partial charge in [0.15, 0.2) is 0 Å². The highest BCUT2D eigenvalue weighted by Crippen LogP contribution is 2.18. The van der Waals surface area contributed by atoms with Gasteiger partial charge in [-0.15, -0.1) is 0 Å². The van der Waals surface area contributed by atoms with Crippen molar-refractivity contribution in [2.45, 2.75) is 27.3 Å². The molecule has 92 valence electrons. The van der Waals surface area contributed by atoms with E-state index in [-0.39, 0.29) is 5.91 Å². The van der Waals surface area contributed by atoms with E-state index < -0.39 is 0 Å².